The summed E-state index contributed by atoms with van der Waals surface area (Å²) in [5.41, 5.74) is 3.25. The van der Waals surface area contributed by atoms with Crippen LogP contribution in [-0.2, 0) is 26.2 Å². The normalized spacial score (nSPS) is 16.1. The molecular weight excluding hydrogens is 450 g/mol. The molecule has 1 aliphatic heterocycles. The van der Waals surface area contributed by atoms with Crippen molar-refractivity contribution in [3.05, 3.63) is 90.0 Å². The summed E-state index contributed by atoms with van der Waals surface area (Å²) in [5.74, 6) is -0.833. The summed E-state index contributed by atoms with van der Waals surface area (Å²) in [6.07, 6.45) is 0.135. The molecule has 0 bridgehead atoms. The first-order valence-corrected chi connectivity index (χ1v) is 12.5. The van der Waals surface area contributed by atoms with Gasteiger partial charge in [0.15, 0.2) is 0 Å². The predicted octanol–water partition coefficient (Wildman–Crippen LogP) is 3.81. The van der Waals surface area contributed by atoms with Crippen molar-refractivity contribution in [1.82, 2.24) is 4.31 Å². The minimum atomic E-state index is -3.68. The van der Waals surface area contributed by atoms with Crippen LogP contribution in [0.25, 0.3) is 0 Å². The summed E-state index contributed by atoms with van der Waals surface area (Å²) >= 11 is 0. The number of aryl methyl sites for hydroxylation is 1. The molecule has 34 heavy (non-hydrogen) atoms. The summed E-state index contributed by atoms with van der Waals surface area (Å²) in [7, 11) is -2.14. The van der Waals surface area contributed by atoms with E-state index in [1.165, 1.54) is 23.5 Å². The predicted molar refractivity (Wildman–Crippen MR) is 132 cm³/mol. The standard InChI is InChI=1S/C26H27N3O4S/c1-19-8-12-23(13-9-19)29-18-21(16-25(29)30)26(31)27-22-10-14-24(15-11-22)34(32,33)28(2)17-20-6-4-3-5-7-20/h3-15,21H,16-18H2,1-2H3,(H,27,31). The molecule has 0 aliphatic carbocycles. The maximum Gasteiger partial charge on any atom is 0.243 e. The van der Waals surface area contributed by atoms with E-state index in [1.54, 1.807) is 17.0 Å². The van der Waals surface area contributed by atoms with Crippen LogP contribution in [0.3, 0.4) is 0 Å². The van der Waals surface area contributed by atoms with Gasteiger partial charge in [0.1, 0.15) is 0 Å². The third-order valence-electron chi connectivity index (χ3n) is 5.92. The van der Waals surface area contributed by atoms with E-state index in [0.717, 1.165) is 16.8 Å². The number of carbonyl (C=O) groups is 2. The van der Waals surface area contributed by atoms with Crippen molar-refractivity contribution in [3.63, 3.8) is 0 Å². The van der Waals surface area contributed by atoms with E-state index in [1.807, 2.05) is 61.5 Å². The molecule has 0 radical (unpaired) electrons. The molecule has 1 N–H and O–H groups in total. The van der Waals surface area contributed by atoms with Crippen LogP contribution >= 0.6 is 0 Å². The summed E-state index contributed by atoms with van der Waals surface area (Å²) in [5, 5.41) is 2.81. The summed E-state index contributed by atoms with van der Waals surface area (Å²) < 4.78 is 27.1. The molecule has 1 atom stereocenters. The molecule has 2 amide bonds. The molecule has 3 aromatic carbocycles. The fourth-order valence-corrected chi connectivity index (χ4v) is 5.08. The Morgan fingerprint density at radius 3 is 2.29 bits per heavy atom. The van der Waals surface area contributed by atoms with Gasteiger partial charge in [-0.15, -0.1) is 0 Å². The Morgan fingerprint density at radius 2 is 1.65 bits per heavy atom. The Bertz CT molecular complexity index is 1270. The van der Waals surface area contributed by atoms with E-state index < -0.39 is 15.9 Å². The smallest absolute Gasteiger partial charge is 0.243 e. The Morgan fingerprint density at radius 1 is 1.00 bits per heavy atom. The Balaban J connectivity index is 1.39. The van der Waals surface area contributed by atoms with Gasteiger partial charge in [-0.2, -0.15) is 4.31 Å². The number of sulfonamides is 1. The van der Waals surface area contributed by atoms with Crippen LogP contribution in [0, 0.1) is 12.8 Å². The van der Waals surface area contributed by atoms with Gasteiger partial charge in [0.25, 0.3) is 0 Å². The minimum absolute atomic E-state index is 0.0908. The number of anilines is 2. The average molecular weight is 478 g/mol. The lowest BCUT2D eigenvalue weighted by atomic mass is 10.1. The molecule has 1 fully saturated rings. The molecule has 0 spiro atoms. The second-order valence-corrected chi connectivity index (χ2v) is 10.5. The van der Waals surface area contributed by atoms with Crippen LogP contribution in [0.1, 0.15) is 17.5 Å². The summed E-state index contributed by atoms with van der Waals surface area (Å²) in [6, 6.07) is 23.1. The first-order chi connectivity index (χ1) is 16.2. The number of hydrogen-bond donors (Lipinski definition) is 1. The minimum Gasteiger partial charge on any atom is -0.326 e. The number of benzene rings is 3. The monoisotopic (exact) mass is 477 g/mol. The van der Waals surface area contributed by atoms with Crippen molar-refractivity contribution in [2.45, 2.75) is 24.8 Å². The van der Waals surface area contributed by atoms with Crippen LogP contribution in [0.5, 0.6) is 0 Å². The zero-order valence-corrected chi connectivity index (χ0v) is 20.0. The Kier molecular flexibility index (Phi) is 6.81. The van der Waals surface area contributed by atoms with Gasteiger partial charge in [0.05, 0.1) is 10.8 Å². The van der Waals surface area contributed by atoms with E-state index in [2.05, 4.69) is 5.32 Å². The van der Waals surface area contributed by atoms with E-state index in [4.69, 9.17) is 0 Å². The van der Waals surface area contributed by atoms with Gasteiger partial charge in [-0.3, -0.25) is 9.59 Å². The number of nitrogens with zero attached hydrogens (tertiary/aromatic N) is 2. The molecule has 1 saturated heterocycles. The lowest BCUT2D eigenvalue weighted by Gasteiger charge is -2.18. The van der Waals surface area contributed by atoms with Gasteiger partial charge in [0.2, 0.25) is 21.8 Å². The van der Waals surface area contributed by atoms with E-state index >= 15 is 0 Å². The zero-order chi connectivity index (χ0) is 24.3. The molecule has 3 aromatic rings. The molecule has 8 heteroatoms. The van der Waals surface area contributed by atoms with Crippen LogP contribution in [0.15, 0.2) is 83.8 Å². The number of rotatable bonds is 7. The molecule has 0 saturated carbocycles. The lowest BCUT2D eigenvalue weighted by Crippen LogP contribution is -2.28. The highest BCUT2D eigenvalue weighted by Gasteiger charge is 2.35. The van der Waals surface area contributed by atoms with Crippen molar-refractivity contribution in [1.29, 1.82) is 0 Å². The van der Waals surface area contributed by atoms with Crippen molar-refractivity contribution in [3.8, 4) is 0 Å². The van der Waals surface area contributed by atoms with Gasteiger partial charge in [-0.05, 0) is 48.9 Å². The van der Waals surface area contributed by atoms with Gasteiger partial charge in [0, 0.05) is 37.9 Å². The highest BCUT2D eigenvalue weighted by molar-refractivity contribution is 7.89. The van der Waals surface area contributed by atoms with Crippen LogP contribution in [-0.4, -0.2) is 38.1 Å². The largest absolute Gasteiger partial charge is 0.326 e. The molecule has 7 nitrogen and oxygen atoms in total. The van der Waals surface area contributed by atoms with Crippen LogP contribution in [0.4, 0.5) is 11.4 Å². The van der Waals surface area contributed by atoms with Crippen LogP contribution < -0.4 is 10.2 Å². The third-order valence-corrected chi connectivity index (χ3v) is 7.74. The Labute approximate surface area is 200 Å². The molecule has 1 aliphatic rings. The topological polar surface area (TPSA) is 86.8 Å². The van der Waals surface area contributed by atoms with Gasteiger partial charge in [-0.25, -0.2) is 8.42 Å². The maximum absolute atomic E-state index is 12.9. The maximum atomic E-state index is 12.9. The fourth-order valence-electron chi connectivity index (χ4n) is 3.92. The summed E-state index contributed by atoms with van der Waals surface area (Å²) in [4.78, 5) is 27.0. The second kappa shape index (κ2) is 9.79. The van der Waals surface area contributed by atoms with Gasteiger partial charge < -0.3 is 10.2 Å². The summed E-state index contributed by atoms with van der Waals surface area (Å²) in [6.45, 7) is 2.54. The van der Waals surface area contributed by atoms with Crippen molar-refractivity contribution < 1.29 is 18.0 Å². The molecule has 176 valence electrons. The number of carbonyl (C=O) groups excluding carboxylic acids is 2. The molecule has 1 unspecified atom stereocenters. The number of hydrogen-bond acceptors (Lipinski definition) is 4. The number of amides is 2. The molecule has 1 heterocycles. The molecule has 4 rings (SSSR count). The highest BCUT2D eigenvalue weighted by Crippen LogP contribution is 2.27. The second-order valence-electron chi connectivity index (χ2n) is 8.50. The Hall–Kier alpha value is -3.49. The van der Waals surface area contributed by atoms with E-state index in [0.29, 0.717) is 12.2 Å². The first kappa shape index (κ1) is 23.7. The highest BCUT2D eigenvalue weighted by atomic mass is 32.2. The van der Waals surface area contributed by atoms with Crippen LogP contribution in [0.2, 0.25) is 0 Å². The van der Waals surface area contributed by atoms with Crippen molar-refractivity contribution in [2.24, 2.45) is 5.92 Å². The van der Waals surface area contributed by atoms with Crippen molar-refractivity contribution >= 4 is 33.2 Å². The van der Waals surface area contributed by atoms with Gasteiger partial charge >= 0.3 is 0 Å². The van der Waals surface area contributed by atoms with Gasteiger partial charge in [-0.1, -0.05) is 48.0 Å². The quantitative estimate of drug-likeness (QED) is 0.561. The van der Waals surface area contributed by atoms with E-state index in [-0.39, 0.29) is 29.7 Å². The molecule has 0 aromatic heterocycles. The third kappa shape index (κ3) is 5.18. The average Bonchev–Trinajstić information content (AvgIpc) is 3.22. The van der Waals surface area contributed by atoms with E-state index in [9.17, 15) is 18.0 Å². The lowest BCUT2D eigenvalue weighted by molar-refractivity contribution is -0.122. The molecular formula is C26H27N3O4S. The number of nitrogens with one attached hydrogen (secondary N) is 1. The zero-order valence-electron chi connectivity index (χ0n) is 19.1. The van der Waals surface area contributed by atoms with Crippen molar-refractivity contribution in [2.75, 3.05) is 23.8 Å². The SMILES string of the molecule is Cc1ccc(N2CC(C(=O)Nc3ccc(S(=O)(=O)N(C)Cc4ccccc4)cc3)CC2=O)cc1. The first-order valence-electron chi connectivity index (χ1n) is 11.0. The fraction of sp³-hybridized carbons (Fsp3) is 0.231.